The second-order valence-corrected chi connectivity index (χ2v) is 6.21. The topological polar surface area (TPSA) is 76.7 Å². The summed E-state index contributed by atoms with van der Waals surface area (Å²) in [4.78, 5) is 23.8. The Morgan fingerprint density at radius 1 is 0.963 bits per heavy atom. The van der Waals surface area contributed by atoms with Crippen molar-refractivity contribution in [3.05, 3.63) is 59.1 Å². The summed E-state index contributed by atoms with van der Waals surface area (Å²) in [6.07, 6.45) is 3.26. The Hall–Kier alpha value is -2.73. The Kier molecular flexibility index (Phi) is 8.45. The minimum atomic E-state index is -0.501. The lowest BCUT2D eigenvalue weighted by atomic mass is 10.2. The van der Waals surface area contributed by atoms with E-state index in [4.69, 9.17) is 21.1 Å². The molecule has 7 heteroatoms. The number of nitrogens with one attached hydrogen (secondary N) is 2. The quantitative estimate of drug-likeness (QED) is 0.505. The molecule has 0 saturated carbocycles. The minimum absolute atomic E-state index is 0.269. The maximum absolute atomic E-state index is 12.1. The third kappa shape index (κ3) is 7.19. The van der Waals surface area contributed by atoms with Crippen molar-refractivity contribution in [3.63, 3.8) is 0 Å². The van der Waals surface area contributed by atoms with Crippen molar-refractivity contribution in [1.29, 1.82) is 0 Å². The molecule has 0 saturated heterocycles. The van der Waals surface area contributed by atoms with Crippen LogP contribution < -0.4 is 20.3 Å². The number of carbonyl (C=O) groups is 2. The number of benzene rings is 2. The Labute approximate surface area is 163 Å². The molecule has 0 fully saturated rings. The molecule has 2 aromatic rings. The number of hydrogen-bond acceptors (Lipinski definition) is 4. The van der Waals surface area contributed by atoms with E-state index in [0.717, 1.165) is 19.3 Å². The highest BCUT2D eigenvalue weighted by molar-refractivity contribution is 6.32. The molecule has 0 heterocycles. The Balaban J connectivity index is 1.73. The first-order valence-corrected chi connectivity index (χ1v) is 9.17. The first-order chi connectivity index (χ1) is 13.1. The predicted octanol–water partition coefficient (Wildman–Crippen LogP) is 3.75. The van der Waals surface area contributed by atoms with Gasteiger partial charge in [0.1, 0.15) is 11.5 Å². The van der Waals surface area contributed by atoms with Gasteiger partial charge in [0.25, 0.3) is 11.8 Å². The Morgan fingerprint density at radius 2 is 1.70 bits per heavy atom. The summed E-state index contributed by atoms with van der Waals surface area (Å²) in [7, 11) is 0. The van der Waals surface area contributed by atoms with Crippen molar-refractivity contribution in [1.82, 2.24) is 10.9 Å². The van der Waals surface area contributed by atoms with Crippen molar-refractivity contribution in [3.8, 4) is 11.5 Å². The first-order valence-electron chi connectivity index (χ1n) is 8.79. The van der Waals surface area contributed by atoms with Gasteiger partial charge in [-0.3, -0.25) is 20.4 Å². The standard InChI is InChI=1S/C20H23ClN2O4/c1-2-3-6-13-26-16-11-9-15(10-12-16)20(25)23-22-19(24)14-27-18-8-5-4-7-17(18)21/h4-5,7-12H,2-3,6,13-14H2,1H3,(H,22,24)(H,23,25). The Morgan fingerprint density at radius 3 is 2.41 bits per heavy atom. The number of rotatable bonds is 9. The third-order valence-electron chi connectivity index (χ3n) is 3.64. The van der Waals surface area contributed by atoms with E-state index in [1.54, 1.807) is 48.5 Å². The second kappa shape index (κ2) is 11.1. The summed E-state index contributed by atoms with van der Waals surface area (Å²) >= 11 is 5.94. The highest BCUT2D eigenvalue weighted by Crippen LogP contribution is 2.22. The fourth-order valence-corrected chi connectivity index (χ4v) is 2.37. The molecule has 0 aliphatic rings. The number of carbonyl (C=O) groups excluding carboxylic acids is 2. The van der Waals surface area contributed by atoms with Crippen LogP contribution in [0.25, 0.3) is 0 Å². The smallest absolute Gasteiger partial charge is 0.276 e. The Bertz CT molecular complexity index is 750. The van der Waals surface area contributed by atoms with Crippen LogP contribution in [0.2, 0.25) is 5.02 Å². The van der Waals surface area contributed by atoms with Crippen molar-refractivity contribution in [2.45, 2.75) is 26.2 Å². The lowest BCUT2D eigenvalue weighted by molar-refractivity contribution is -0.123. The van der Waals surface area contributed by atoms with Crippen LogP contribution in [-0.2, 0) is 4.79 Å². The van der Waals surface area contributed by atoms with Crippen molar-refractivity contribution < 1.29 is 19.1 Å². The molecule has 0 radical (unpaired) electrons. The van der Waals surface area contributed by atoms with E-state index in [2.05, 4.69) is 17.8 Å². The lowest BCUT2D eigenvalue weighted by Crippen LogP contribution is -2.43. The predicted molar refractivity (Wildman–Crippen MR) is 104 cm³/mol. The van der Waals surface area contributed by atoms with E-state index in [9.17, 15) is 9.59 Å². The summed E-state index contributed by atoms with van der Waals surface area (Å²) in [6, 6.07) is 13.5. The highest BCUT2D eigenvalue weighted by atomic mass is 35.5. The van der Waals surface area contributed by atoms with E-state index in [-0.39, 0.29) is 6.61 Å². The minimum Gasteiger partial charge on any atom is -0.494 e. The average molecular weight is 391 g/mol. The van der Waals surface area contributed by atoms with Gasteiger partial charge in [-0.2, -0.15) is 0 Å². The van der Waals surface area contributed by atoms with Crippen LogP contribution in [0.3, 0.4) is 0 Å². The zero-order valence-corrected chi connectivity index (χ0v) is 15.9. The second-order valence-electron chi connectivity index (χ2n) is 5.80. The van der Waals surface area contributed by atoms with Gasteiger partial charge in [-0.25, -0.2) is 0 Å². The van der Waals surface area contributed by atoms with E-state index >= 15 is 0 Å². The van der Waals surface area contributed by atoms with Gasteiger partial charge in [-0.1, -0.05) is 43.5 Å². The number of para-hydroxylation sites is 1. The van der Waals surface area contributed by atoms with Gasteiger partial charge in [0, 0.05) is 5.56 Å². The van der Waals surface area contributed by atoms with Crippen LogP contribution in [0.4, 0.5) is 0 Å². The third-order valence-corrected chi connectivity index (χ3v) is 3.96. The van der Waals surface area contributed by atoms with Crippen LogP contribution >= 0.6 is 11.6 Å². The summed E-state index contributed by atoms with van der Waals surface area (Å²) in [5, 5.41) is 0.409. The molecule has 0 bridgehead atoms. The van der Waals surface area contributed by atoms with Gasteiger partial charge in [0.05, 0.1) is 11.6 Å². The average Bonchev–Trinajstić information content (AvgIpc) is 2.69. The molecule has 2 rings (SSSR count). The lowest BCUT2D eigenvalue weighted by Gasteiger charge is -2.10. The molecule has 0 aliphatic carbocycles. The van der Waals surface area contributed by atoms with Crippen LogP contribution in [0.5, 0.6) is 11.5 Å². The number of halogens is 1. The molecule has 0 unspecified atom stereocenters. The maximum atomic E-state index is 12.1. The largest absolute Gasteiger partial charge is 0.494 e. The van der Waals surface area contributed by atoms with Crippen LogP contribution in [0.15, 0.2) is 48.5 Å². The zero-order chi connectivity index (χ0) is 19.5. The normalized spacial score (nSPS) is 10.1. The van der Waals surface area contributed by atoms with Gasteiger partial charge in [-0.15, -0.1) is 0 Å². The van der Waals surface area contributed by atoms with Gasteiger partial charge in [-0.05, 0) is 42.8 Å². The zero-order valence-electron chi connectivity index (χ0n) is 15.2. The van der Waals surface area contributed by atoms with E-state index < -0.39 is 11.8 Å². The molecule has 6 nitrogen and oxygen atoms in total. The van der Waals surface area contributed by atoms with Crippen molar-refractivity contribution in [2.75, 3.05) is 13.2 Å². The van der Waals surface area contributed by atoms with Crippen molar-refractivity contribution in [2.24, 2.45) is 0 Å². The van der Waals surface area contributed by atoms with E-state index in [1.807, 2.05) is 0 Å². The van der Waals surface area contributed by atoms with Gasteiger partial charge < -0.3 is 9.47 Å². The van der Waals surface area contributed by atoms with E-state index in [0.29, 0.717) is 28.7 Å². The molecular formula is C20H23ClN2O4. The highest BCUT2D eigenvalue weighted by Gasteiger charge is 2.09. The summed E-state index contributed by atoms with van der Waals surface area (Å²) in [6.45, 7) is 2.52. The van der Waals surface area contributed by atoms with Crippen LogP contribution in [-0.4, -0.2) is 25.0 Å². The van der Waals surface area contributed by atoms with Gasteiger partial charge in [0.15, 0.2) is 6.61 Å². The molecule has 2 N–H and O–H groups in total. The summed E-state index contributed by atoms with van der Waals surface area (Å²) in [5.41, 5.74) is 5.04. The number of hydrazine groups is 1. The first kappa shape index (κ1) is 20.6. The van der Waals surface area contributed by atoms with Gasteiger partial charge >= 0.3 is 0 Å². The molecular weight excluding hydrogens is 368 g/mol. The number of unbranched alkanes of at least 4 members (excludes halogenated alkanes) is 2. The number of amides is 2. The van der Waals surface area contributed by atoms with Crippen molar-refractivity contribution >= 4 is 23.4 Å². The molecule has 0 aromatic heterocycles. The SMILES string of the molecule is CCCCCOc1ccc(C(=O)NNC(=O)COc2ccccc2Cl)cc1. The monoisotopic (exact) mass is 390 g/mol. The van der Waals surface area contributed by atoms with E-state index in [1.165, 1.54) is 0 Å². The van der Waals surface area contributed by atoms with Crippen LogP contribution in [0.1, 0.15) is 36.5 Å². The van der Waals surface area contributed by atoms with Gasteiger partial charge in [0.2, 0.25) is 0 Å². The molecule has 0 spiro atoms. The fraction of sp³-hybridized carbons (Fsp3) is 0.300. The molecule has 2 amide bonds. The summed E-state index contributed by atoms with van der Waals surface area (Å²) in [5.74, 6) is 0.174. The summed E-state index contributed by atoms with van der Waals surface area (Å²) < 4.78 is 10.9. The maximum Gasteiger partial charge on any atom is 0.276 e. The fourth-order valence-electron chi connectivity index (χ4n) is 2.18. The molecule has 0 aliphatic heterocycles. The molecule has 2 aromatic carbocycles. The van der Waals surface area contributed by atoms with Crippen LogP contribution in [0, 0.1) is 0 Å². The molecule has 0 atom stereocenters. The number of ether oxygens (including phenoxy) is 2. The molecule has 27 heavy (non-hydrogen) atoms. The molecule has 144 valence electrons. The number of hydrogen-bond donors (Lipinski definition) is 2.